The molecule has 0 aromatic heterocycles. The van der Waals surface area contributed by atoms with E-state index >= 15 is 0 Å². The van der Waals surface area contributed by atoms with Gasteiger partial charge in [0.15, 0.2) is 6.61 Å². The van der Waals surface area contributed by atoms with Gasteiger partial charge in [-0.3, -0.25) is 9.59 Å². The van der Waals surface area contributed by atoms with Crippen LogP contribution >= 0.6 is 0 Å². The van der Waals surface area contributed by atoms with E-state index in [-0.39, 0.29) is 36.2 Å². The van der Waals surface area contributed by atoms with Gasteiger partial charge in [0.2, 0.25) is 5.91 Å². The molecule has 2 rings (SSSR count). The third-order valence-electron chi connectivity index (χ3n) is 5.25. The Hall–Kier alpha value is -2.89. The monoisotopic (exact) mass is 442 g/mol. The average molecular weight is 443 g/mol. The van der Waals surface area contributed by atoms with Gasteiger partial charge in [0.25, 0.3) is 5.91 Å². The second-order valence-corrected chi connectivity index (χ2v) is 8.90. The van der Waals surface area contributed by atoms with Crippen molar-refractivity contribution in [3.8, 4) is 5.75 Å². The lowest BCUT2D eigenvalue weighted by molar-refractivity contribution is -0.143. The van der Waals surface area contributed by atoms with Crippen molar-refractivity contribution in [2.75, 3.05) is 13.2 Å². The SMILES string of the molecule is CCCNC(=O)C(CC)N(Cc1ccc(F)cc1)C(=O)COc1ccccc1C(C)(C)C. The molecule has 6 heteroatoms. The fourth-order valence-corrected chi connectivity index (χ4v) is 3.51. The normalized spacial score (nSPS) is 12.2. The Morgan fingerprint density at radius 3 is 2.31 bits per heavy atom. The summed E-state index contributed by atoms with van der Waals surface area (Å²) in [6.07, 6.45) is 1.27. The van der Waals surface area contributed by atoms with Gasteiger partial charge < -0.3 is 15.0 Å². The predicted molar refractivity (Wildman–Crippen MR) is 125 cm³/mol. The number of hydrogen-bond acceptors (Lipinski definition) is 3. The first kappa shape index (κ1) is 25.4. The van der Waals surface area contributed by atoms with Gasteiger partial charge in [-0.05, 0) is 47.6 Å². The van der Waals surface area contributed by atoms with E-state index in [2.05, 4.69) is 26.1 Å². The van der Waals surface area contributed by atoms with Gasteiger partial charge >= 0.3 is 0 Å². The van der Waals surface area contributed by atoms with Gasteiger partial charge in [-0.1, -0.05) is 65.0 Å². The van der Waals surface area contributed by atoms with Crippen molar-refractivity contribution in [3.05, 3.63) is 65.5 Å². The molecule has 2 amide bonds. The molecule has 0 spiro atoms. The van der Waals surface area contributed by atoms with Crippen LogP contribution in [0, 0.1) is 5.82 Å². The van der Waals surface area contributed by atoms with Crippen molar-refractivity contribution in [3.63, 3.8) is 0 Å². The summed E-state index contributed by atoms with van der Waals surface area (Å²) in [7, 11) is 0. The highest BCUT2D eigenvalue weighted by Crippen LogP contribution is 2.31. The minimum Gasteiger partial charge on any atom is -0.483 e. The topological polar surface area (TPSA) is 58.6 Å². The molecule has 0 aliphatic carbocycles. The number of benzene rings is 2. The van der Waals surface area contributed by atoms with Gasteiger partial charge in [-0.25, -0.2) is 4.39 Å². The lowest BCUT2D eigenvalue weighted by atomic mass is 9.86. The number of ether oxygens (including phenoxy) is 1. The number of carbonyl (C=O) groups excluding carboxylic acids is 2. The van der Waals surface area contributed by atoms with Crippen LogP contribution in [0.25, 0.3) is 0 Å². The van der Waals surface area contributed by atoms with E-state index in [0.717, 1.165) is 17.5 Å². The Balaban J connectivity index is 2.25. The van der Waals surface area contributed by atoms with Crippen LogP contribution in [0.15, 0.2) is 48.5 Å². The molecule has 0 bridgehead atoms. The maximum Gasteiger partial charge on any atom is 0.261 e. The summed E-state index contributed by atoms with van der Waals surface area (Å²) < 4.78 is 19.3. The van der Waals surface area contributed by atoms with Gasteiger partial charge in [-0.15, -0.1) is 0 Å². The quantitative estimate of drug-likeness (QED) is 0.573. The highest BCUT2D eigenvalue weighted by Gasteiger charge is 2.29. The smallest absolute Gasteiger partial charge is 0.261 e. The average Bonchev–Trinajstić information content (AvgIpc) is 2.76. The molecule has 5 nitrogen and oxygen atoms in total. The molecule has 2 aromatic rings. The van der Waals surface area contributed by atoms with Crippen molar-refractivity contribution in [2.45, 2.75) is 65.5 Å². The van der Waals surface area contributed by atoms with E-state index in [4.69, 9.17) is 4.74 Å². The minimum atomic E-state index is -0.638. The first-order valence-electron chi connectivity index (χ1n) is 11.2. The number of amides is 2. The highest BCUT2D eigenvalue weighted by atomic mass is 19.1. The van der Waals surface area contributed by atoms with Gasteiger partial charge in [0.05, 0.1) is 0 Å². The summed E-state index contributed by atoms with van der Waals surface area (Å²) in [6.45, 7) is 10.7. The largest absolute Gasteiger partial charge is 0.483 e. The zero-order valence-electron chi connectivity index (χ0n) is 19.8. The molecule has 1 N–H and O–H groups in total. The maximum absolute atomic E-state index is 13.4. The van der Waals surface area contributed by atoms with Crippen LogP contribution in [0.4, 0.5) is 4.39 Å². The fourth-order valence-electron chi connectivity index (χ4n) is 3.51. The first-order valence-corrected chi connectivity index (χ1v) is 11.2. The third kappa shape index (κ3) is 7.08. The molecule has 0 saturated heterocycles. The van der Waals surface area contributed by atoms with Crippen molar-refractivity contribution in [1.29, 1.82) is 0 Å². The lowest BCUT2D eigenvalue weighted by Gasteiger charge is -2.31. The second kappa shape index (κ2) is 11.7. The molecule has 0 saturated carbocycles. The molecule has 0 aliphatic rings. The van der Waals surface area contributed by atoms with E-state index < -0.39 is 6.04 Å². The van der Waals surface area contributed by atoms with E-state index in [1.54, 1.807) is 12.1 Å². The molecule has 1 unspecified atom stereocenters. The molecule has 1 atom stereocenters. The van der Waals surface area contributed by atoms with Crippen LogP contribution in [0.3, 0.4) is 0 Å². The number of halogens is 1. The molecule has 0 radical (unpaired) electrons. The molecule has 0 heterocycles. The second-order valence-electron chi connectivity index (χ2n) is 8.90. The Bertz CT molecular complexity index is 891. The molecule has 0 aliphatic heterocycles. The predicted octanol–water partition coefficient (Wildman–Crippen LogP) is 4.84. The lowest BCUT2D eigenvalue weighted by Crippen LogP contribution is -2.50. The van der Waals surface area contributed by atoms with Crippen LogP contribution in [-0.2, 0) is 21.5 Å². The number of nitrogens with one attached hydrogen (secondary N) is 1. The molecule has 32 heavy (non-hydrogen) atoms. The summed E-state index contributed by atoms with van der Waals surface area (Å²) >= 11 is 0. The van der Waals surface area contributed by atoms with E-state index in [0.29, 0.717) is 18.7 Å². The van der Waals surface area contributed by atoms with E-state index in [1.165, 1.54) is 17.0 Å². The Morgan fingerprint density at radius 2 is 1.72 bits per heavy atom. The minimum absolute atomic E-state index is 0.139. The van der Waals surface area contributed by atoms with Crippen LogP contribution < -0.4 is 10.1 Å². The number of para-hydroxylation sites is 1. The first-order chi connectivity index (χ1) is 15.2. The van der Waals surface area contributed by atoms with Crippen LogP contribution in [0.1, 0.15) is 58.6 Å². The van der Waals surface area contributed by atoms with Crippen molar-refractivity contribution >= 4 is 11.8 Å². The molecule has 174 valence electrons. The molecule has 0 fully saturated rings. The Morgan fingerprint density at radius 1 is 1.06 bits per heavy atom. The van der Waals surface area contributed by atoms with Crippen molar-refractivity contribution < 1.29 is 18.7 Å². The van der Waals surface area contributed by atoms with E-state index in [9.17, 15) is 14.0 Å². The third-order valence-corrected chi connectivity index (χ3v) is 5.25. The summed E-state index contributed by atoms with van der Waals surface area (Å²) in [6, 6.07) is 13.0. The standard InChI is InChI=1S/C26H35FN2O3/c1-6-16-28-25(31)22(7-2)29(17-19-12-14-20(27)15-13-19)24(30)18-32-23-11-9-8-10-21(23)26(3,4)5/h8-15,22H,6-7,16-18H2,1-5H3,(H,28,31). The number of rotatable bonds is 10. The zero-order chi connectivity index (χ0) is 23.7. The molecular weight excluding hydrogens is 407 g/mol. The number of carbonyl (C=O) groups is 2. The number of nitrogens with zero attached hydrogens (tertiary/aromatic N) is 1. The molecule has 2 aromatic carbocycles. The highest BCUT2D eigenvalue weighted by molar-refractivity contribution is 5.88. The van der Waals surface area contributed by atoms with Gasteiger partial charge in [-0.2, -0.15) is 0 Å². The number of hydrogen-bond donors (Lipinski definition) is 1. The summed E-state index contributed by atoms with van der Waals surface area (Å²) in [5.41, 5.74) is 1.61. The van der Waals surface area contributed by atoms with Crippen molar-refractivity contribution in [1.82, 2.24) is 10.2 Å². The summed E-state index contributed by atoms with van der Waals surface area (Å²) in [5, 5.41) is 2.88. The Labute approximate surface area is 191 Å². The van der Waals surface area contributed by atoms with Crippen LogP contribution in [-0.4, -0.2) is 35.9 Å². The maximum atomic E-state index is 13.4. The van der Waals surface area contributed by atoms with Crippen LogP contribution in [0.2, 0.25) is 0 Å². The summed E-state index contributed by atoms with van der Waals surface area (Å²) in [4.78, 5) is 27.6. The van der Waals surface area contributed by atoms with Crippen molar-refractivity contribution in [2.24, 2.45) is 0 Å². The van der Waals surface area contributed by atoms with Crippen LogP contribution in [0.5, 0.6) is 5.75 Å². The molecular formula is C26H35FN2O3. The fraction of sp³-hybridized carbons (Fsp3) is 0.462. The van der Waals surface area contributed by atoms with Gasteiger partial charge in [0.1, 0.15) is 17.6 Å². The Kier molecular flexibility index (Phi) is 9.24. The zero-order valence-corrected chi connectivity index (χ0v) is 19.8. The summed E-state index contributed by atoms with van der Waals surface area (Å²) in [5.74, 6) is -0.184. The van der Waals surface area contributed by atoms with E-state index in [1.807, 2.05) is 38.1 Å². The van der Waals surface area contributed by atoms with Gasteiger partial charge in [0, 0.05) is 13.1 Å².